The molecule has 0 unspecified atom stereocenters. The summed E-state index contributed by atoms with van der Waals surface area (Å²) < 4.78 is 40.6. The van der Waals surface area contributed by atoms with Crippen molar-refractivity contribution in [3.8, 4) is 0 Å². The average Bonchev–Trinajstić information content (AvgIpc) is 2.69. The topological polar surface area (TPSA) is 66.5 Å². The van der Waals surface area contributed by atoms with Crippen LogP contribution in [0.15, 0.2) is 83.8 Å². The van der Waals surface area contributed by atoms with Gasteiger partial charge in [0.25, 0.3) is 10.0 Å². The van der Waals surface area contributed by atoms with E-state index in [2.05, 4.69) is 5.32 Å². The number of hydrogen-bond acceptors (Lipinski definition) is 3. The number of para-hydroxylation sites is 1. The molecule has 5 nitrogen and oxygen atoms in total. The summed E-state index contributed by atoms with van der Waals surface area (Å²) in [5, 5.41) is 2.60. The number of benzene rings is 3. The maximum atomic E-state index is 13.2. The number of nitrogens with zero attached hydrogens (tertiary/aromatic N) is 1. The SMILES string of the molecule is Cc1ccccc1N(CC(=O)Nc1ccc(F)cc1)S(=O)(=O)c1ccccc1. The van der Waals surface area contributed by atoms with Crippen molar-refractivity contribution in [3.63, 3.8) is 0 Å². The molecule has 0 aromatic heterocycles. The van der Waals surface area contributed by atoms with E-state index in [1.54, 1.807) is 49.4 Å². The Labute approximate surface area is 163 Å². The van der Waals surface area contributed by atoms with E-state index in [4.69, 9.17) is 0 Å². The molecule has 0 radical (unpaired) electrons. The Hall–Kier alpha value is -3.19. The van der Waals surface area contributed by atoms with Gasteiger partial charge in [-0.1, -0.05) is 36.4 Å². The van der Waals surface area contributed by atoms with Crippen molar-refractivity contribution in [2.75, 3.05) is 16.2 Å². The summed E-state index contributed by atoms with van der Waals surface area (Å²) in [4.78, 5) is 12.7. The molecule has 7 heteroatoms. The van der Waals surface area contributed by atoms with Gasteiger partial charge in [0.2, 0.25) is 5.91 Å². The first kappa shape index (κ1) is 19.6. The number of nitrogens with one attached hydrogen (secondary N) is 1. The van der Waals surface area contributed by atoms with Gasteiger partial charge in [-0.05, 0) is 55.0 Å². The van der Waals surface area contributed by atoms with Gasteiger partial charge < -0.3 is 5.32 Å². The molecule has 0 aliphatic rings. The summed E-state index contributed by atoms with van der Waals surface area (Å²) in [6.45, 7) is 1.36. The highest BCUT2D eigenvalue weighted by molar-refractivity contribution is 7.92. The van der Waals surface area contributed by atoms with Gasteiger partial charge in [-0.25, -0.2) is 12.8 Å². The molecule has 3 aromatic rings. The lowest BCUT2D eigenvalue weighted by atomic mass is 10.2. The van der Waals surface area contributed by atoms with E-state index in [0.717, 1.165) is 9.87 Å². The van der Waals surface area contributed by atoms with Crippen molar-refractivity contribution < 1.29 is 17.6 Å². The van der Waals surface area contributed by atoms with E-state index in [-0.39, 0.29) is 4.90 Å². The Morgan fingerprint density at radius 2 is 1.54 bits per heavy atom. The zero-order valence-electron chi connectivity index (χ0n) is 15.2. The minimum Gasteiger partial charge on any atom is -0.325 e. The molecule has 0 bridgehead atoms. The Morgan fingerprint density at radius 1 is 0.929 bits per heavy atom. The minimum atomic E-state index is -3.96. The number of rotatable bonds is 6. The molecule has 0 saturated carbocycles. The Kier molecular flexibility index (Phi) is 5.75. The summed E-state index contributed by atoms with van der Waals surface area (Å²) >= 11 is 0. The van der Waals surface area contributed by atoms with Crippen LogP contribution in [0.4, 0.5) is 15.8 Å². The first-order chi connectivity index (χ1) is 13.4. The van der Waals surface area contributed by atoms with Gasteiger partial charge >= 0.3 is 0 Å². The maximum absolute atomic E-state index is 13.2. The fourth-order valence-electron chi connectivity index (χ4n) is 2.73. The summed E-state index contributed by atoms with van der Waals surface area (Å²) in [7, 11) is -3.96. The number of sulfonamides is 1. The van der Waals surface area contributed by atoms with Crippen LogP contribution in [0.5, 0.6) is 0 Å². The first-order valence-electron chi connectivity index (χ1n) is 8.57. The van der Waals surface area contributed by atoms with Crippen LogP contribution in [0.2, 0.25) is 0 Å². The molecule has 0 saturated heterocycles. The minimum absolute atomic E-state index is 0.0906. The molecule has 0 heterocycles. The normalized spacial score (nSPS) is 11.1. The van der Waals surface area contributed by atoms with E-state index in [0.29, 0.717) is 11.4 Å². The monoisotopic (exact) mass is 398 g/mol. The molecule has 0 spiro atoms. The quantitative estimate of drug-likeness (QED) is 0.683. The van der Waals surface area contributed by atoms with Crippen LogP contribution in [0.1, 0.15) is 5.56 Å². The third kappa shape index (κ3) is 4.37. The summed E-state index contributed by atoms with van der Waals surface area (Å²) in [5.74, 6) is -0.958. The molecule has 144 valence electrons. The molecule has 0 aliphatic carbocycles. The maximum Gasteiger partial charge on any atom is 0.264 e. The van der Waals surface area contributed by atoms with Crippen LogP contribution < -0.4 is 9.62 Å². The fourth-order valence-corrected chi connectivity index (χ4v) is 4.23. The largest absolute Gasteiger partial charge is 0.325 e. The van der Waals surface area contributed by atoms with E-state index in [1.165, 1.54) is 36.4 Å². The van der Waals surface area contributed by atoms with E-state index in [1.807, 2.05) is 0 Å². The van der Waals surface area contributed by atoms with Gasteiger partial charge in [0.05, 0.1) is 10.6 Å². The molecule has 0 aliphatic heterocycles. The summed E-state index contributed by atoms with van der Waals surface area (Å²) in [6, 6.07) is 20.2. The van der Waals surface area contributed by atoms with Crippen LogP contribution in [-0.2, 0) is 14.8 Å². The van der Waals surface area contributed by atoms with Crippen LogP contribution in [0, 0.1) is 12.7 Å². The van der Waals surface area contributed by atoms with Gasteiger partial charge in [0.15, 0.2) is 0 Å². The lowest BCUT2D eigenvalue weighted by molar-refractivity contribution is -0.114. The molecule has 0 fully saturated rings. The van der Waals surface area contributed by atoms with Crippen molar-refractivity contribution in [2.24, 2.45) is 0 Å². The van der Waals surface area contributed by atoms with Crippen LogP contribution >= 0.6 is 0 Å². The van der Waals surface area contributed by atoms with Crippen molar-refractivity contribution in [2.45, 2.75) is 11.8 Å². The lowest BCUT2D eigenvalue weighted by Crippen LogP contribution is -2.38. The highest BCUT2D eigenvalue weighted by atomic mass is 32.2. The second kappa shape index (κ2) is 8.22. The van der Waals surface area contributed by atoms with Gasteiger partial charge in [-0.2, -0.15) is 0 Å². The number of anilines is 2. The molecule has 3 rings (SSSR count). The summed E-state index contributed by atoms with van der Waals surface area (Å²) in [5.41, 5.74) is 1.52. The van der Waals surface area contributed by atoms with Crippen LogP contribution in [0.25, 0.3) is 0 Å². The number of carbonyl (C=O) groups excluding carboxylic acids is 1. The van der Waals surface area contributed by atoms with Crippen molar-refractivity contribution in [1.82, 2.24) is 0 Å². The van der Waals surface area contributed by atoms with Crippen molar-refractivity contribution >= 4 is 27.3 Å². The smallest absolute Gasteiger partial charge is 0.264 e. The predicted molar refractivity (Wildman–Crippen MR) is 107 cm³/mol. The van der Waals surface area contributed by atoms with E-state index in [9.17, 15) is 17.6 Å². The molecule has 28 heavy (non-hydrogen) atoms. The highest BCUT2D eigenvalue weighted by Gasteiger charge is 2.28. The number of halogens is 1. The number of hydrogen-bond donors (Lipinski definition) is 1. The molecule has 1 N–H and O–H groups in total. The van der Waals surface area contributed by atoms with E-state index < -0.39 is 28.3 Å². The second-order valence-electron chi connectivity index (χ2n) is 6.17. The first-order valence-corrected chi connectivity index (χ1v) is 10.0. The van der Waals surface area contributed by atoms with Crippen LogP contribution in [0.3, 0.4) is 0 Å². The Bertz CT molecular complexity index is 1070. The third-order valence-corrected chi connectivity index (χ3v) is 5.90. The zero-order valence-corrected chi connectivity index (χ0v) is 16.0. The third-order valence-electron chi connectivity index (χ3n) is 4.13. The summed E-state index contributed by atoms with van der Waals surface area (Å²) in [6.07, 6.45) is 0. The molecular weight excluding hydrogens is 379 g/mol. The molecular formula is C21H19FN2O3S. The van der Waals surface area contributed by atoms with Gasteiger partial charge in [-0.15, -0.1) is 0 Å². The molecule has 0 atom stereocenters. The average molecular weight is 398 g/mol. The number of carbonyl (C=O) groups is 1. The van der Waals surface area contributed by atoms with Crippen molar-refractivity contribution in [3.05, 3.63) is 90.2 Å². The highest BCUT2D eigenvalue weighted by Crippen LogP contribution is 2.26. The Morgan fingerprint density at radius 3 is 2.18 bits per heavy atom. The van der Waals surface area contributed by atoms with Gasteiger partial charge in [0.1, 0.15) is 12.4 Å². The van der Waals surface area contributed by atoms with Gasteiger partial charge in [-0.3, -0.25) is 9.10 Å². The predicted octanol–water partition coefficient (Wildman–Crippen LogP) is 3.97. The number of aryl methyl sites for hydroxylation is 1. The molecule has 3 aromatic carbocycles. The number of amides is 1. The Balaban J connectivity index is 1.94. The standard InChI is InChI=1S/C21H19FN2O3S/c1-16-7-5-6-10-20(16)24(28(26,27)19-8-3-2-4-9-19)15-21(25)23-18-13-11-17(22)12-14-18/h2-14H,15H2,1H3,(H,23,25). The van der Waals surface area contributed by atoms with Crippen molar-refractivity contribution in [1.29, 1.82) is 0 Å². The van der Waals surface area contributed by atoms with Gasteiger partial charge in [0, 0.05) is 5.69 Å². The second-order valence-corrected chi connectivity index (χ2v) is 8.03. The van der Waals surface area contributed by atoms with E-state index >= 15 is 0 Å². The zero-order chi connectivity index (χ0) is 20.1. The molecule has 1 amide bonds. The lowest BCUT2D eigenvalue weighted by Gasteiger charge is -2.25. The fraction of sp³-hybridized carbons (Fsp3) is 0.0952. The van der Waals surface area contributed by atoms with Crippen LogP contribution in [-0.4, -0.2) is 20.9 Å².